The fourth-order valence-corrected chi connectivity index (χ4v) is 3.95. The Morgan fingerprint density at radius 3 is 2.53 bits per heavy atom. The van der Waals surface area contributed by atoms with E-state index in [1.54, 1.807) is 0 Å². The zero-order valence-electron chi connectivity index (χ0n) is 19.2. The van der Waals surface area contributed by atoms with Gasteiger partial charge in [0.25, 0.3) is 0 Å². The monoisotopic (exact) mass is 545 g/mol. The maximum absolute atomic E-state index is 4.57. The van der Waals surface area contributed by atoms with Crippen molar-refractivity contribution in [1.82, 2.24) is 25.4 Å². The standard InChI is InChI=1S/C24H31N7.HI/c1-17-5-8-22(9-6-17)30-12-11-21(16-30)28-24(25-4)27-15-20-7-10-23(26-14-20)31-19(3)13-18(2)29-31;/h5-10,13-14,21H,11-12,15-16H2,1-4H3,(H2,25,27,28);1H. The number of aryl methyl sites for hydroxylation is 3. The van der Waals surface area contributed by atoms with Gasteiger partial charge in [-0.25, -0.2) is 9.67 Å². The predicted octanol–water partition coefficient (Wildman–Crippen LogP) is 3.75. The molecule has 3 heterocycles. The molecule has 0 aliphatic carbocycles. The van der Waals surface area contributed by atoms with Gasteiger partial charge in [0.15, 0.2) is 11.8 Å². The van der Waals surface area contributed by atoms with Gasteiger partial charge in [0.1, 0.15) is 0 Å². The maximum Gasteiger partial charge on any atom is 0.191 e. The van der Waals surface area contributed by atoms with E-state index in [2.05, 4.69) is 73.9 Å². The molecule has 2 aromatic heterocycles. The first-order valence-electron chi connectivity index (χ1n) is 10.8. The van der Waals surface area contributed by atoms with Crippen LogP contribution in [0.2, 0.25) is 0 Å². The molecule has 1 saturated heterocycles. The summed E-state index contributed by atoms with van der Waals surface area (Å²) in [6.07, 6.45) is 2.98. The summed E-state index contributed by atoms with van der Waals surface area (Å²) in [6.45, 7) is 8.84. The fourth-order valence-electron chi connectivity index (χ4n) is 3.95. The second-order valence-corrected chi connectivity index (χ2v) is 8.20. The van der Waals surface area contributed by atoms with E-state index in [4.69, 9.17) is 0 Å². The van der Waals surface area contributed by atoms with Crippen LogP contribution in [-0.2, 0) is 6.54 Å². The van der Waals surface area contributed by atoms with E-state index >= 15 is 0 Å². The zero-order chi connectivity index (χ0) is 21.8. The van der Waals surface area contributed by atoms with E-state index in [0.717, 1.165) is 48.2 Å². The second kappa shape index (κ2) is 10.8. The molecule has 8 heteroatoms. The molecule has 0 saturated carbocycles. The number of nitrogens with one attached hydrogen (secondary N) is 2. The van der Waals surface area contributed by atoms with Crippen molar-refractivity contribution >= 4 is 35.6 Å². The highest BCUT2D eigenvalue weighted by molar-refractivity contribution is 14.0. The minimum atomic E-state index is 0. The Hall–Kier alpha value is -2.62. The lowest BCUT2D eigenvalue weighted by atomic mass is 10.2. The van der Waals surface area contributed by atoms with Crippen molar-refractivity contribution in [3.63, 3.8) is 0 Å². The quantitative estimate of drug-likeness (QED) is 0.291. The molecule has 1 aliphatic heterocycles. The van der Waals surface area contributed by atoms with Crippen LogP contribution >= 0.6 is 24.0 Å². The topological polar surface area (TPSA) is 70.4 Å². The van der Waals surface area contributed by atoms with Crippen molar-refractivity contribution < 1.29 is 0 Å². The van der Waals surface area contributed by atoms with E-state index in [-0.39, 0.29) is 24.0 Å². The lowest BCUT2D eigenvalue weighted by molar-refractivity contribution is 0.648. The van der Waals surface area contributed by atoms with Gasteiger partial charge in [-0.15, -0.1) is 24.0 Å². The average molecular weight is 545 g/mol. The number of aliphatic imine (C=N–C) groups is 1. The molecule has 32 heavy (non-hydrogen) atoms. The summed E-state index contributed by atoms with van der Waals surface area (Å²) in [5.74, 6) is 1.65. The van der Waals surface area contributed by atoms with Gasteiger partial charge in [-0.2, -0.15) is 5.10 Å². The molecule has 1 fully saturated rings. The molecular formula is C24H32IN7. The highest BCUT2D eigenvalue weighted by Gasteiger charge is 2.23. The van der Waals surface area contributed by atoms with Crippen molar-refractivity contribution in [2.75, 3.05) is 25.0 Å². The molecule has 0 radical (unpaired) electrons. The van der Waals surface area contributed by atoms with E-state index in [1.807, 2.05) is 37.8 Å². The molecule has 0 bridgehead atoms. The van der Waals surface area contributed by atoms with Crippen LogP contribution in [0.3, 0.4) is 0 Å². The average Bonchev–Trinajstić information content (AvgIpc) is 3.37. The van der Waals surface area contributed by atoms with Gasteiger partial charge in [-0.3, -0.25) is 4.99 Å². The van der Waals surface area contributed by atoms with Gasteiger partial charge >= 0.3 is 0 Å². The molecule has 1 unspecified atom stereocenters. The normalized spacial score (nSPS) is 16.1. The first-order chi connectivity index (χ1) is 15.0. The zero-order valence-corrected chi connectivity index (χ0v) is 21.5. The summed E-state index contributed by atoms with van der Waals surface area (Å²) in [5, 5.41) is 11.5. The van der Waals surface area contributed by atoms with Crippen molar-refractivity contribution in [1.29, 1.82) is 0 Å². The van der Waals surface area contributed by atoms with Crippen LogP contribution in [0.5, 0.6) is 0 Å². The summed E-state index contributed by atoms with van der Waals surface area (Å²) in [4.78, 5) is 11.4. The number of benzene rings is 1. The van der Waals surface area contributed by atoms with Gasteiger partial charge < -0.3 is 15.5 Å². The van der Waals surface area contributed by atoms with Crippen molar-refractivity contribution in [2.45, 2.75) is 39.8 Å². The Morgan fingerprint density at radius 2 is 1.91 bits per heavy atom. The van der Waals surface area contributed by atoms with Crippen LogP contribution in [0.25, 0.3) is 5.82 Å². The summed E-state index contributed by atoms with van der Waals surface area (Å²) < 4.78 is 1.87. The molecular weight excluding hydrogens is 513 g/mol. The Balaban J connectivity index is 0.00000289. The molecule has 2 N–H and O–H groups in total. The second-order valence-electron chi connectivity index (χ2n) is 8.20. The smallest absolute Gasteiger partial charge is 0.191 e. The van der Waals surface area contributed by atoms with E-state index < -0.39 is 0 Å². The Kier molecular flexibility index (Phi) is 8.11. The number of pyridine rings is 1. The number of aromatic nitrogens is 3. The number of rotatable bonds is 5. The van der Waals surface area contributed by atoms with E-state index in [0.29, 0.717) is 12.6 Å². The summed E-state index contributed by atoms with van der Waals surface area (Å²) in [6, 6.07) is 15.3. The third-order valence-corrected chi connectivity index (χ3v) is 5.65. The lowest BCUT2D eigenvalue weighted by Gasteiger charge is -2.20. The number of hydrogen-bond acceptors (Lipinski definition) is 4. The number of guanidine groups is 1. The number of anilines is 1. The summed E-state index contributed by atoms with van der Waals surface area (Å²) in [5.41, 5.74) is 5.75. The van der Waals surface area contributed by atoms with E-state index in [9.17, 15) is 0 Å². The molecule has 170 valence electrons. The maximum atomic E-state index is 4.57. The van der Waals surface area contributed by atoms with Gasteiger partial charge in [-0.05, 0) is 57.0 Å². The predicted molar refractivity (Wildman–Crippen MR) is 141 cm³/mol. The van der Waals surface area contributed by atoms with Crippen molar-refractivity contribution in [2.24, 2.45) is 4.99 Å². The van der Waals surface area contributed by atoms with Crippen LogP contribution in [0.15, 0.2) is 53.7 Å². The molecule has 3 aromatic rings. The van der Waals surface area contributed by atoms with Gasteiger partial charge in [0.2, 0.25) is 0 Å². The molecule has 0 amide bonds. The summed E-state index contributed by atoms with van der Waals surface area (Å²) in [7, 11) is 1.81. The lowest BCUT2D eigenvalue weighted by Crippen LogP contribution is -2.44. The van der Waals surface area contributed by atoms with Crippen molar-refractivity contribution in [3.8, 4) is 5.82 Å². The fraction of sp³-hybridized carbons (Fsp3) is 0.375. The SMILES string of the molecule is CN=C(NCc1ccc(-n2nc(C)cc2C)nc1)NC1CCN(c2ccc(C)cc2)C1.I. The Morgan fingerprint density at radius 1 is 1.12 bits per heavy atom. The van der Waals surface area contributed by atoms with Crippen molar-refractivity contribution in [3.05, 3.63) is 71.2 Å². The minimum absolute atomic E-state index is 0. The molecule has 7 nitrogen and oxygen atoms in total. The van der Waals surface area contributed by atoms with Crippen LogP contribution in [0.4, 0.5) is 5.69 Å². The first-order valence-corrected chi connectivity index (χ1v) is 10.8. The van der Waals surface area contributed by atoms with Gasteiger partial charge in [-0.1, -0.05) is 23.8 Å². The highest BCUT2D eigenvalue weighted by Crippen LogP contribution is 2.20. The molecule has 1 atom stereocenters. The van der Waals surface area contributed by atoms with Gasteiger partial charge in [0, 0.05) is 50.3 Å². The third-order valence-electron chi connectivity index (χ3n) is 5.65. The molecule has 1 aromatic carbocycles. The molecule has 1 aliphatic rings. The first kappa shape index (κ1) is 24.0. The minimum Gasteiger partial charge on any atom is -0.369 e. The Bertz CT molecular complexity index is 1040. The molecule has 4 rings (SSSR count). The largest absolute Gasteiger partial charge is 0.369 e. The van der Waals surface area contributed by atoms with Crippen LogP contribution < -0.4 is 15.5 Å². The van der Waals surface area contributed by atoms with E-state index in [1.165, 1.54) is 11.3 Å². The summed E-state index contributed by atoms with van der Waals surface area (Å²) >= 11 is 0. The van der Waals surface area contributed by atoms with Crippen LogP contribution in [-0.4, -0.2) is 46.9 Å². The number of halogens is 1. The Labute approximate surface area is 207 Å². The number of hydrogen-bond donors (Lipinski definition) is 2. The molecule has 0 spiro atoms. The highest BCUT2D eigenvalue weighted by atomic mass is 127. The van der Waals surface area contributed by atoms with Gasteiger partial charge in [0.05, 0.1) is 5.69 Å². The van der Waals surface area contributed by atoms with Crippen LogP contribution in [0.1, 0.15) is 28.9 Å². The third kappa shape index (κ3) is 5.79. The number of nitrogens with zero attached hydrogens (tertiary/aromatic N) is 5. The van der Waals surface area contributed by atoms with Crippen LogP contribution in [0, 0.1) is 20.8 Å².